The zero-order chi connectivity index (χ0) is 14.7. The largest absolute Gasteiger partial charge is 0.374 e. The molecule has 0 fully saturated rings. The minimum absolute atomic E-state index is 0.445. The van der Waals surface area contributed by atoms with Gasteiger partial charge in [0.15, 0.2) is 5.82 Å². The third-order valence-electron chi connectivity index (χ3n) is 3.25. The molecular weight excluding hydrogens is 264 g/mol. The van der Waals surface area contributed by atoms with Crippen molar-refractivity contribution in [1.82, 2.24) is 14.6 Å². The Hall–Kier alpha value is -2.27. The van der Waals surface area contributed by atoms with E-state index in [1.807, 2.05) is 36.0 Å². The maximum absolute atomic E-state index is 5.50. The molecule has 3 rings (SSSR count). The van der Waals surface area contributed by atoms with Crippen molar-refractivity contribution < 1.29 is 4.74 Å². The van der Waals surface area contributed by atoms with Crippen molar-refractivity contribution in [2.45, 2.75) is 26.9 Å². The molecule has 21 heavy (non-hydrogen) atoms. The van der Waals surface area contributed by atoms with Gasteiger partial charge in [-0.05, 0) is 19.4 Å². The predicted octanol–water partition coefficient (Wildman–Crippen LogP) is 3.36. The van der Waals surface area contributed by atoms with Gasteiger partial charge in [0.2, 0.25) is 0 Å². The smallest absolute Gasteiger partial charge is 0.157 e. The summed E-state index contributed by atoms with van der Waals surface area (Å²) < 4.78 is 7.38. The molecule has 5 heteroatoms. The van der Waals surface area contributed by atoms with Crippen molar-refractivity contribution >= 4 is 28.2 Å². The molecule has 108 valence electrons. The highest BCUT2D eigenvalue weighted by atomic mass is 16.5. The molecule has 0 saturated heterocycles. The summed E-state index contributed by atoms with van der Waals surface area (Å²) >= 11 is 0. The highest BCUT2D eigenvalue weighted by molar-refractivity contribution is 6.02. The van der Waals surface area contributed by atoms with E-state index in [4.69, 9.17) is 4.74 Å². The Bertz CT molecular complexity index is 791. The first-order valence-corrected chi connectivity index (χ1v) is 7.20. The number of nitrogens with zero attached hydrogens (tertiary/aromatic N) is 4. The van der Waals surface area contributed by atoms with Crippen LogP contribution in [0.2, 0.25) is 0 Å². The summed E-state index contributed by atoms with van der Waals surface area (Å²) in [7, 11) is 0. The third kappa shape index (κ3) is 2.52. The molecule has 0 atom stereocenters. The van der Waals surface area contributed by atoms with Crippen LogP contribution in [0.4, 0.5) is 0 Å². The van der Waals surface area contributed by atoms with Crippen LogP contribution in [0, 0.1) is 0 Å². The van der Waals surface area contributed by atoms with Crippen molar-refractivity contribution in [3.63, 3.8) is 0 Å². The molecule has 0 radical (unpaired) electrons. The van der Waals surface area contributed by atoms with Gasteiger partial charge in [-0.25, -0.2) is 9.66 Å². The van der Waals surface area contributed by atoms with Gasteiger partial charge in [-0.2, -0.15) is 5.10 Å². The number of ether oxygens (including phenoxy) is 1. The average Bonchev–Trinajstić information content (AvgIpc) is 2.88. The monoisotopic (exact) mass is 282 g/mol. The maximum Gasteiger partial charge on any atom is 0.157 e. The number of hydrogen-bond donors (Lipinski definition) is 0. The molecule has 5 nitrogen and oxygen atoms in total. The van der Waals surface area contributed by atoms with Crippen LogP contribution in [0.3, 0.4) is 0 Å². The standard InChI is InChI=1S/C16H18N4O/c1-3-9-18-20-15(11-21-4-2)19-14-10-17-13-8-6-5-7-12(13)16(14)20/h5-10H,3-4,11H2,1-2H3/b18-9+. The Balaban J connectivity index is 2.27. The molecule has 0 unspecified atom stereocenters. The first-order valence-electron chi connectivity index (χ1n) is 7.20. The lowest BCUT2D eigenvalue weighted by Crippen LogP contribution is -2.01. The van der Waals surface area contributed by atoms with Gasteiger partial charge < -0.3 is 4.74 Å². The van der Waals surface area contributed by atoms with Crippen LogP contribution >= 0.6 is 0 Å². The SMILES string of the molecule is CC/C=N/n1c(COCC)nc2cnc3ccccc3c21. The highest BCUT2D eigenvalue weighted by Crippen LogP contribution is 2.24. The van der Waals surface area contributed by atoms with E-state index in [1.54, 1.807) is 6.20 Å². The fourth-order valence-electron chi connectivity index (χ4n) is 2.31. The van der Waals surface area contributed by atoms with Gasteiger partial charge in [0.1, 0.15) is 17.6 Å². The van der Waals surface area contributed by atoms with E-state index in [2.05, 4.69) is 28.1 Å². The fraction of sp³-hybridized carbons (Fsp3) is 0.312. The number of benzene rings is 1. The van der Waals surface area contributed by atoms with Gasteiger partial charge in [-0.3, -0.25) is 4.98 Å². The topological polar surface area (TPSA) is 52.3 Å². The van der Waals surface area contributed by atoms with Crippen LogP contribution < -0.4 is 0 Å². The summed E-state index contributed by atoms with van der Waals surface area (Å²) in [4.78, 5) is 9.07. The first-order chi connectivity index (χ1) is 10.3. The number of rotatable bonds is 5. The lowest BCUT2D eigenvalue weighted by atomic mass is 10.2. The Labute approximate surface area is 123 Å². The molecule has 0 aliphatic heterocycles. The molecule has 2 aromatic heterocycles. The number of pyridine rings is 1. The first kappa shape index (κ1) is 13.7. The van der Waals surface area contributed by atoms with Crippen molar-refractivity contribution in [1.29, 1.82) is 0 Å². The quantitative estimate of drug-likeness (QED) is 0.674. The molecule has 0 aliphatic rings. The third-order valence-corrected chi connectivity index (χ3v) is 3.25. The number of para-hydroxylation sites is 1. The van der Waals surface area contributed by atoms with Crippen LogP contribution in [-0.2, 0) is 11.3 Å². The van der Waals surface area contributed by atoms with E-state index in [0.717, 1.165) is 34.2 Å². The van der Waals surface area contributed by atoms with E-state index in [1.165, 1.54) is 0 Å². The van der Waals surface area contributed by atoms with Gasteiger partial charge in [0, 0.05) is 18.2 Å². The van der Waals surface area contributed by atoms with E-state index in [0.29, 0.717) is 13.2 Å². The van der Waals surface area contributed by atoms with E-state index < -0.39 is 0 Å². The molecule has 0 bridgehead atoms. The van der Waals surface area contributed by atoms with Crippen molar-refractivity contribution in [3.8, 4) is 0 Å². The molecule has 0 aliphatic carbocycles. The van der Waals surface area contributed by atoms with Gasteiger partial charge in [-0.1, -0.05) is 25.1 Å². The molecule has 0 N–H and O–H groups in total. The number of imidazole rings is 1. The zero-order valence-corrected chi connectivity index (χ0v) is 12.3. The normalized spacial score (nSPS) is 11.9. The lowest BCUT2D eigenvalue weighted by molar-refractivity contribution is 0.126. The van der Waals surface area contributed by atoms with Crippen molar-refractivity contribution in [3.05, 3.63) is 36.3 Å². The molecule has 0 amide bonds. The second-order valence-electron chi connectivity index (χ2n) is 4.69. The number of hydrogen-bond acceptors (Lipinski definition) is 4. The molecule has 1 aromatic carbocycles. The van der Waals surface area contributed by atoms with Gasteiger partial charge in [0.05, 0.1) is 11.7 Å². The van der Waals surface area contributed by atoms with E-state index in [-0.39, 0.29) is 0 Å². The molecular formula is C16H18N4O. The molecule has 2 heterocycles. The van der Waals surface area contributed by atoms with Crippen molar-refractivity contribution in [2.24, 2.45) is 5.10 Å². The summed E-state index contributed by atoms with van der Waals surface area (Å²) in [6, 6.07) is 8.04. The molecule has 0 spiro atoms. The van der Waals surface area contributed by atoms with Crippen LogP contribution in [0.1, 0.15) is 26.1 Å². The van der Waals surface area contributed by atoms with Crippen LogP contribution in [0.25, 0.3) is 21.9 Å². The lowest BCUT2D eigenvalue weighted by Gasteiger charge is -2.04. The number of aromatic nitrogens is 3. The van der Waals surface area contributed by atoms with E-state index >= 15 is 0 Å². The minimum Gasteiger partial charge on any atom is -0.374 e. The second kappa shape index (κ2) is 6.01. The summed E-state index contributed by atoms with van der Waals surface area (Å²) in [5.41, 5.74) is 2.78. The predicted molar refractivity (Wildman–Crippen MR) is 84.5 cm³/mol. The Morgan fingerprint density at radius 3 is 2.90 bits per heavy atom. The fourth-order valence-corrected chi connectivity index (χ4v) is 2.31. The Morgan fingerprint density at radius 2 is 2.10 bits per heavy atom. The number of fused-ring (bicyclic) bond motifs is 3. The zero-order valence-electron chi connectivity index (χ0n) is 12.3. The van der Waals surface area contributed by atoms with E-state index in [9.17, 15) is 0 Å². The Kier molecular flexibility index (Phi) is 3.92. The van der Waals surface area contributed by atoms with Crippen LogP contribution in [0.15, 0.2) is 35.6 Å². The summed E-state index contributed by atoms with van der Waals surface area (Å²) in [6.07, 6.45) is 4.55. The maximum atomic E-state index is 5.50. The van der Waals surface area contributed by atoms with Crippen LogP contribution in [0.5, 0.6) is 0 Å². The summed E-state index contributed by atoms with van der Waals surface area (Å²) in [6.45, 7) is 5.13. The molecule has 0 saturated carbocycles. The second-order valence-corrected chi connectivity index (χ2v) is 4.69. The van der Waals surface area contributed by atoms with Gasteiger partial charge >= 0.3 is 0 Å². The summed E-state index contributed by atoms with van der Waals surface area (Å²) in [5, 5.41) is 5.59. The highest BCUT2D eigenvalue weighted by Gasteiger charge is 2.13. The van der Waals surface area contributed by atoms with Gasteiger partial charge in [-0.15, -0.1) is 0 Å². The summed E-state index contributed by atoms with van der Waals surface area (Å²) in [5.74, 6) is 0.801. The Morgan fingerprint density at radius 1 is 1.24 bits per heavy atom. The minimum atomic E-state index is 0.445. The van der Waals surface area contributed by atoms with Gasteiger partial charge in [0.25, 0.3) is 0 Å². The van der Waals surface area contributed by atoms with Crippen molar-refractivity contribution in [2.75, 3.05) is 6.61 Å². The molecule has 3 aromatic rings. The van der Waals surface area contributed by atoms with Crippen LogP contribution in [-0.4, -0.2) is 27.5 Å². The average molecular weight is 282 g/mol.